The van der Waals surface area contributed by atoms with E-state index in [1.54, 1.807) is 0 Å². The van der Waals surface area contributed by atoms with Crippen LogP contribution >= 0.6 is 0 Å². The Morgan fingerprint density at radius 1 is 0.281 bits per heavy atom. The second-order valence-corrected chi connectivity index (χ2v) is 14.4. The van der Waals surface area contributed by atoms with Gasteiger partial charge < -0.3 is 4.42 Å². The van der Waals surface area contributed by atoms with E-state index in [0.717, 1.165) is 71.7 Å². The van der Waals surface area contributed by atoms with Crippen LogP contribution in [0.1, 0.15) is 0 Å². The van der Waals surface area contributed by atoms with Gasteiger partial charge in [-0.2, -0.15) is 0 Å². The topological polar surface area (TPSA) is 51.8 Å². The fraction of sp³-hybridized carbons (Fsp3) is 0. The Bertz CT molecular complexity index is 3280. The van der Waals surface area contributed by atoms with Crippen LogP contribution in [0.2, 0.25) is 0 Å². The monoisotopic (exact) mass is 727 g/mol. The predicted octanol–water partition coefficient (Wildman–Crippen LogP) is 14.1. The minimum atomic E-state index is 0.590. The number of furan rings is 1. The quantitative estimate of drug-likeness (QED) is 0.171. The number of nitrogens with zero attached hydrogens (tertiary/aromatic N) is 3. The molecule has 0 atom stereocenters. The van der Waals surface area contributed by atoms with Crippen LogP contribution in [-0.2, 0) is 0 Å². The van der Waals surface area contributed by atoms with E-state index < -0.39 is 0 Å². The number of fused-ring (bicyclic) bond motifs is 6. The van der Waals surface area contributed by atoms with Gasteiger partial charge in [0.1, 0.15) is 11.2 Å². The summed E-state index contributed by atoms with van der Waals surface area (Å²) in [7, 11) is 0. The molecule has 2 aromatic heterocycles. The van der Waals surface area contributed by atoms with Crippen LogP contribution in [0.3, 0.4) is 0 Å². The number of benzene rings is 9. The molecule has 0 bridgehead atoms. The summed E-state index contributed by atoms with van der Waals surface area (Å²) in [5, 5.41) is 6.77. The van der Waals surface area contributed by atoms with Crippen molar-refractivity contribution in [3.05, 3.63) is 200 Å². The molecule has 0 saturated carbocycles. The summed E-state index contributed by atoms with van der Waals surface area (Å²) in [6.45, 7) is 0. The maximum absolute atomic E-state index is 6.74. The molecule has 0 amide bonds. The average Bonchev–Trinajstić information content (AvgIpc) is 3.68. The van der Waals surface area contributed by atoms with Gasteiger partial charge in [0, 0.05) is 27.5 Å². The third-order valence-electron chi connectivity index (χ3n) is 10.9. The Kier molecular flexibility index (Phi) is 7.78. The summed E-state index contributed by atoms with van der Waals surface area (Å²) >= 11 is 0. The Morgan fingerprint density at radius 3 is 1.65 bits per heavy atom. The molecule has 11 aromatic rings. The Morgan fingerprint density at radius 2 is 0.842 bits per heavy atom. The van der Waals surface area contributed by atoms with Crippen molar-refractivity contribution < 1.29 is 4.42 Å². The van der Waals surface area contributed by atoms with Crippen LogP contribution in [0, 0.1) is 0 Å². The maximum atomic E-state index is 6.74. The molecule has 0 fully saturated rings. The molecule has 9 aromatic carbocycles. The van der Waals surface area contributed by atoms with Crippen molar-refractivity contribution in [3.8, 4) is 67.5 Å². The van der Waals surface area contributed by atoms with Gasteiger partial charge in [0.15, 0.2) is 17.5 Å². The third kappa shape index (κ3) is 5.83. The molecule has 0 aliphatic heterocycles. The minimum Gasteiger partial charge on any atom is -0.456 e. The van der Waals surface area contributed by atoms with E-state index in [2.05, 4.69) is 164 Å². The lowest BCUT2D eigenvalue weighted by Gasteiger charge is -2.12. The van der Waals surface area contributed by atoms with Gasteiger partial charge in [-0.05, 0) is 79.2 Å². The fourth-order valence-corrected chi connectivity index (χ4v) is 8.13. The van der Waals surface area contributed by atoms with E-state index in [9.17, 15) is 0 Å². The summed E-state index contributed by atoms with van der Waals surface area (Å²) in [5.41, 5.74) is 11.2. The molecular weight excluding hydrogens is 695 g/mol. The van der Waals surface area contributed by atoms with E-state index in [1.807, 2.05) is 36.4 Å². The van der Waals surface area contributed by atoms with Crippen LogP contribution in [0.25, 0.3) is 111 Å². The number of rotatable bonds is 6. The van der Waals surface area contributed by atoms with Crippen molar-refractivity contribution in [3.63, 3.8) is 0 Å². The van der Waals surface area contributed by atoms with Gasteiger partial charge in [-0.25, -0.2) is 15.0 Å². The lowest BCUT2D eigenvalue weighted by Crippen LogP contribution is -2.00. The molecule has 0 aliphatic carbocycles. The van der Waals surface area contributed by atoms with Crippen LogP contribution in [0.5, 0.6) is 0 Å². The molecule has 266 valence electrons. The van der Waals surface area contributed by atoms with E-state index >= 15 is 0 Å². The Hall–Kier alpha value is -7.69. The standard InChI is InChI=1S/C53H33N3O/c1-3-13-34(14-4-1)40-19-11-20-42(32-40)52-54-51(38-16-5-2-6-17-38)55-53(56-52)46-33-48-50(45-22-10-9-21-44(45)46)49-43(23-12-24-47(49)57-48)37-28-25-36(26-29-37)41-30-27-35-15-7-8-18-39(35)31-41/h1-33H. The zero-order valence-corrected chi connectivity index (χ0v) is 30.8. The summed E-state index contributed by atoms with van der Waals surface area (Å²) in [6.07, 6.45) is 0. The summed E-state index contributed by atoms with van der Waals surface area (Å²) in [5.74, 6) is 1.82. The van der Waals surface area contributed by atoms with Crippen LogP contribution in [-0.4, -0.2) is 15.0 Å². The first kappa shape index (κ1) is 32.7. The summed E-state index contributed by atoms with van der Waals surface area (Å²) in [4.78, 5) is 15.4. The van der Waals surface area contributed by atoms with E-state index in [4.69, 9.17) is 19.4 Å². The molecule has 0 aliphatic rings. The zero-order valence-electron chi connectivity index (χ0n) is 30.8. The van der Waals surface area contributed by atoms with Crippen molar-refractivity contribution in [2.45, 2.75) is 0 Å². The highest BCUT2D eigenvalue weighted by atomic mass is 16.3. The van der Waals surface area contributed by atoms with Gasteiger partial charge in [0.05, 0.1) is 0 Å². The highest BCUT2D eigenvalue weighted by molar-refractivity contribution is 6.25. The molecule has 2 heterocycles. The highest BCUT2D eigenvalue weighted by Gasteiger charge is 2.21. The SMILES string of the molecule is c1ccc(-c2cccc(-c3nc(-c4ccccc4)nc(-c4cc5oc6cccc(-c7ccc(-c8ccc9ccccc9c8)cc7)c6c5c5ccccc45)n3)c2)cc1. The van der Waals surface area contributed by atoms with Crippen molar-refractivity contribution in [1.29, 1.82) is 0 Å². The molecule has 4 nitrogen and oxygen atoms in total. The second kappa shape index (κ2) is 13.6. The molecule has 0 N–H and O–H groups in total. The smallest absolute Gasteiger partial charge is 0.164 e. The van der Waals surface area contributed by atoms with Gasteiger partial charge >= 0.3 is 0 Å². The molecular formula is C53H33N3O. The number of hydrogen-bond donors (Lipinski definition) is 0. The first-order valence-corrected chi connectivity index (χ1v) is 19.2. The van der Waals surface area contributed by atoms with Crippen LogP contribution < -0.4 is 0 Å². The van der Waals surface area contributed by atoms with Gasteiger partial charge in [0.25, 0.3) is 0 Å². The molecule has 11 rings (SSSR count). The van der Waals surface area contributed by atoms with Crippen LogP contribution in [0.15, 0.2) is 205 Å². The van der Waals surface area contributed by atoms with Crippen molar-refractivity contribution in [1.82, 2.24) is 15.0 Å². The summed E-state index contributed by atoms with van der Waals surface area (Å²) < 4.78 is 6.74. The van der Waals surface area contributed by atoms with E-state index in [1.165, 1.54) is 21.9 Å². The van der Waals surface area contributed by atoms with Crippen molar-refractivity contribution in [2.24, 2.45) is 0 Å². The third-order valence-corrected chi connectivity index (χ3v) is 10.9. The first-order chi connectivity index (χ1) is 28.2. The average molecular weight is 728 g/mol. The molecule has 0 radical (unpaired) electrons. The van der Waals surface area contributed by atoms with Gasteiger partial charge in [-0.3, -0.25) is 0 Å². The molecule has 4 heteroatoms. The Balaban J connectivity index is 1.07. The predicted molar refractivity (Wildman–Crippen MR) is 235 cm³/mol. The van der Waals surface area contributed by atoms with E-state index in [0.29, 0.717) is 17.5 Å². The Labute approximate surface area is 329 Å². The number of aromatic nitrogens is 3. The molecule has 0 saturated heterocycles. The first-order valence-electron chi connectivity index (χ1n) is 19.2. The van der Waals surface area contributed by atoms with Gasteiger partial charge in [-0.1, -0.05) is 176 Å². The molecule has 0 unspecified atom stereocenters. The lowest BCUT2D eigenvalue weighted by molar-refractivity contribution is 0.669. The minimum absolute atomic E-state index is 0.590. The fourth-order valence-electron chi connectivity index (χ4n) is 8.13. The van der Waals surface area contributed by atoms with Gasteiger partial charge in [-0.15, -0.1) is 0 Å². The van der Waals surface area contributed by atoms with Crippen molar-refractivity contribution in [2.75, 3.05) is 0 Å². The van der Waals surface area contributed by atoms with Gasteiger partial charge in [0.2, 0.25) is 0 Å². The second-order valence-electron chi connectivity index (χ2n) is 14.4. The molecule has 0 spiro atoms. The maximum Gasteiger partial charge on any atom is 0.164 e. The van der Waals surface area contributed by atoms with Crippen LogP contribution in [0.4, 0.5) is 0 Å². The normalized spacial score (nSPS) is 11.5. The van der Waals surface area contributed by atoms with E-state index in [-0.39, 0.29) is 0 Å². The largest absolute Gasteiger partial charge is 0.456 e. The molecule has 57 heavy (non-hydrogen) atoms. The lowest BCUT2D eigenvalue weighted by atomic mass is 9.93. The zero-order chi connectivity index (χ0) is 37.7. The van der Waals surface area contributed by atoms with Crippen molar-refractivity contribution >= 4 is 43.5 Å². The summed E-state index contributed by atoms with van der Waals surface area (Å²) in [6, 6.07) is 69.9. The number of hydrogen-bond acceptors (Lipinski definition) is 4. The highest BCUT2D eigenvalue weighted by Crippen LogP contribution is 2.43.